The second kappa shape index (κ2) is 6.02. The summed E-state index contributed by atoms with van der Waals surface area (Å²) in [5.74, 6) is 2.13. The summed E-state index contributed by atoms with van der Waals surface area (Å²) in [7, 11) is 0. The van der Waals surface area contributed by atoms with Crippen LogP contribution in [0.25, 0.3) is 17.2 Å². The van der Waals surface area contributed by atoms with Crippen LogP contribution in [-0.4, -0.2) is 19.6 Å². The average molecular weight is 329 g/mol. The van der Waals surface area contributed by atoms with Crippen molar-refractivity contribution < 1.29 is 0 Å². The summed E-state index contributed by atoms with van der Waals surface area (Å²) >= 11 is 0. The molecule has 124 valence electrons. The van der Waals surface area contributed by atoms with Gasteiger partial charge in [0, 0.05) is 23.0 Å². The highest BCUT2D eigenvalue weighted by atomic mass is 15.4. The Hall–Kier alpha value is -3.21. The van der Waals surface area contributed by atoms with E-state index in [0.717, 1.165) is 28.3 Å². The number of nitrogens with one attached hydrogen (secondary N) is 1. The molecule has 2 aromatic heterocycles. The van der Waals surface area contributed by atoms with Crippen LogP contribution in [0, 0.1) is 20.8 Å². The first kappa shape index (κ1) is 15.3. The van der Waals surface area contributed by atoms with Crippen LogP contribution >= 0.6 is 0 Å². The molecule has 0 amide bonds. The van der Waals surface area contributed by atoms with Gasteiger partial charge in [-0.25, -0.2) is 4.98 Å². The number of aromatic nitrogens is 4. The minimum Gasteiger partial charge on any atom is -0.340 e. The van der Waals surface area contributed by atoms with Crippen molar-refractivity contribution in [1.29, 1.82) is 0 Å². The van der Waals surface area contributed by atoms with Crippen LogP contribution in [0.1, 0.15) is 16.8 Å². The molecule has 0 aliphatic rings. The zero-order chi connectivity index (χ0) is 17.4. The topological polar surface area (TPSA) is 55.1 Å². The minimum absolute atomic E-state index is 0.592. The molecule has 2 heterocycles. The van der Waals surface area contributed by atoms with Gasteiger partial charge in [0.05, 0.1) is 0 Å². The van der Waals surface area contributed by atoms with Crippen molar-refractivity contribution in [3.8, 4) is 11.4 Å². The van der Waals surface area contributed by atoms with Gasteiger partial charge in [0.1, 0.15) is 5.82 Å². The Kier molecular flexibility index (Phi) is 3.69. The van der Waals surface area contributed by atoms with Crippen LogP contribution in [0.15, 0.2) is 54.6 Å². The average Bonchev–Trinajstić information content (AvgIpc) is 3.01. The fraction of sp³-hybridized carbons (Fsp3) is 0.150. The Labute approximate surface area is 146 Å². The largest absolute Gasteiger partial charge is 0.340 e. The molecule has 0 saturated heterocycles. The van der Waals surface area contributed by atoms with E-state index in [1.54, 1.807) is 4.52 Å². The predicted molar refractivity (Wildman–Crippen MR) is 100 cm³/mol. The van der Waals surface area contributed by atoms with Crippen molar-refractivity contribution in [3.05, 3.63) is 71.4 Å². The minimum atomic E-state index is 0.592. The molecule has 0 radical (unpaired) electrons. The lowest BCUT2D eigenvalue weighted by atomic mass is 10.1. The van der Waals surface area contributed by atoms with Crippen LogP contribution in [-0.2, 0) is 0 Å². The molecule has 4 aromatic rings. The fourth-order valence-electron chi connectivity index (χ4n) is 2.86. The molecule has 0 atom stereocenters. The molecule has 5 nitrogen and oxygen atoms in total. The number of anilines is 2. The summed E-state index contributed by atoms with van der Waals surface area (Å²) in [6.07, 6.45) is 0. The van der Waals surface area contributed by atoms with Crippen LogP contribution in [0.2, 0.25) is 0 Å². The molecule has 5 heteroatoms. The summed E-state index contributed by atoms with van der Waals surface area (Å²) in [5.41, 5.74) is 5.27. The lowest BCUT2D eigenvalue weighted by Gasteiger charge is -2.10. The molecule has 0 aliphatic heterocycles. The lowest BCUT2D eigenvalue weighted by Crippen LogP contribution is -2.03. The number of fused-ring (bicyclic) bond motifs is 1. The molecule has 0 spiro atoms. The highest BCUT2D eigenvalue weighted by molar-refractivity contribution is 5.65. The highest BCUT2D eigenvalue weighted by Crippen LogP contribution is 2.24. The molecule has 0 bridgehead atoms. The Bertz CT molecular complexity index is 1060. The normalized spacial score (nSPS) is 11.0. The Morgan fingerprint density at radius 1 is 0.840 bits per heavy atom. The second-order valence-electron chi connectivity index (χ2n) is 6.18. The van der Waals surface area contributed by atoms with Crippen molar-refractivity contribution >= 4 is 17.3 Å². The first-order valence-electron chi connectivity index (χ1n) is 8.25. The first-order valence-corrected chi connectivity index (χ1v) is 8.25. The van der Waals surface area contributed by atoms with Crippen molar-refractivity contribution in [3.63, 3.8) is 0 Å². The van der Waals surface area contributed by atoms with Crippen molar-refractivity contribution in [1.82, 2.24) is 19.6 Å². The number of rotatable bonds is 3. The van der Waals surface area contributed by atoms with Gasteiger partial charge in [0.25, 0.3) is 5.78 Å². The van der Waals surface area contributed by atoms with Gasteiger partial charge >= 0.3 is 0 Å². The molecule has 0 unspecified atom stereocenters. The van der Waals surface area contributed by atoms with Crippen LogP contribution < -0.4 is 5.32 Å². The molecule has 25 heavy (non-hydrogen) atoms. The maximum Gasteiger partial charge on any atom is 0.254 e. The first-order chi connectivity index (χ1) is 12.1. The molecule has 1 N–H and O–H groups in total. The summed E-state index contributed by atoms with van der Waals surface area (Å²) in [6, 6.07) is 18.3. The fourth-order valence-corrected chi connectivity index (χ4v) is 2.86. The van der Waals surface area contributed by atoms with E-state index >= 15 is 0 Å². The molecule has 0 aliphatic carbocycles. The Morgan fingerprint density at radius 3 is 2.32 bits per heavy atom. The van der Waals surface area contributed by atoms with Gasteiger partial charge in [0.15, 0.2) is 5.82 Å². The van der Waals surface area contributed by atoms with E-state index in [0.29, 0.717) is 11.6 Å². The van der Waals surface area contributed by atoms with E-state index in [4.69, 9.17) is 5.10 Å². The molecule has 0 fully saturated rings. The van der Waals surface area contributed by atoms with Gasteiger partial charge < -0.3 is 5.32 Å². The lowest BCUT2D eigenvalue weighted by molar-refractivity contribution is 0.939. The zero-order valence-electron chi connectivity index (χ0n) is 14.5. The maximum atomic E-state index is 4.69. The Morgan fingerprint density at radius 2 is 1.56 bits per heavy atom. The van der Waals surface area contributed by atoms with Gasteiger partial charge in [-0.1, -0.05) is 42.5 Å². The SMILES string of the molecule is Cc1cc(Nc2ccccc2C)n2nc(-c3ccccc3C)nc2n1. The summed E-state index contributed by atoms with van der Waals surface area (Å²) in [4.78, 5) is 9.16. The maximum absolute atomic E-state index is 4.69. The molecular formula is C20H19N5. The molecule has 4 rings (SSSR count). The third-order valence-electron chi connectivity index (χ3n) is 4.23. The van der Waals surface area contributed by atoms with Crippen LogP contribution in [0.3, 0.4) is 0 Å². The number of hydrogen-bond acceptors (Lipinski definition) is 4. The molecule has 2 aromatic carbocycles. The summed E-state index contributed by atoms with van der Waals surface area (Å²) < 4.78 is 1.77. The number of hydrogen-bond donors (Lipinski definition) is 1. The third kappa shape index (κ3) is 2.85. The van der Waals surface area contributed by atoms with Gasteiger partial charge in [-0.3, -0.25) is 0 Å². The number of para-hydroxylation sites is 1. The number of aryl methyl sites for hydroxylation is 3. The zero-order valence-corrected chi connectivity index (χ0v) is 14.5. The molecule has 0 saturated carbocycles. The van der Waals surface area contributed by atoms with Crippen molar-refractivity contribution in [2.45, 2.75) is 20.8 Å². The van der Waals surface area contributed by atoms with E-state index in [-0.39, 0.29) is 0 Å². The van der Waals surface area contributed by atoms with Crippen molar-refractivity contribution in [2.24, 2.45) is 0 Å². The van der Waals surface area contributed by atoms with E-state index in [1.807, 2.05) is 43.3 Å². The summed E-state index contributed by atoms with van der Waals surface area (Å²) in [6.45, 7) is 6.10. The second-order valence-corrected chi connectivity index (χ2v) is 6.18. The van der Waals surface area contributed by atoms with Crippen LogP contribution in [0.5, 0.6) is 0 Å². The number of benzene rings is 2. The van der Waals surface area contributed by atoms with Gasteiger partial charge in [0.2, 0.25) is 0 Å². The van der Waals surface area contributed by atoms with Crippen LogP contribution in [0.4, 0.5) is 11.5 Å². The van der Waals surface area contributed by atoms with E-state index < -0.39 is 0 Å². The van der Waals surface area contributed by atoms with Crippen molar-refractivity contribution in [2.75, 3.05) is 5.32 Å². The quantitative estimate of drug-likeness (QED) is 0.603. The van der Waals surface area contributed by atoms with Gasteiger partial charge in [-0.05, 0) is 38.0 Å². The molecular weight excluding hydrogens is 310 g/mol. The monoisotopic (exact) mass is 329 g/mol. The number of nitrogens with zero attached hydrogens (tertiary/aromatic N) is 4. The Balaban J connectivity index is 1.85. The van der Waals surface area contributed by atoms with E-state index in [2.05, 4.69) is 47.3 Å². The third-order valence-corrected chi connectivity index (χ3v) is 4.23. The highest BCUT2D eigenvalue weighted by Gasteiger charge is 2.13. The van der Waals surface area contributed by atoms with Gasteiger partial charge in [-0.15, -0.1) is 5.10 Å². The summed E-state index contributed by atoms with van der Waals surface area (Å²) in [5, 5.41) is 8.15. The van der Waals surface area contributed by atoms with E-state index in [1.165, 1.54) is 5.56 Å². The standard InChI is InChI=1S/C20H19N5/c1-13-8-4-6-10-16(13)19-23-20-21-15(3)12-18(25(20)24-19)22-17-11-7-5-9-14(17)2/h4-12,22H,1-3H3. The van der Waals surface area contributed by atoms with E-state index in [9.17, 15) is 0 Å². The smallest absolute Gasteiger partial charge is 0.254 e. The predicted octanol–water partition coefficient (Wildman–Crippen LogP) is 4.46. The van der Waals surface area contributed by atoms with Gasteiger partial charge in [-0.2, -0.15) is 9.50 Å².